The molecule has 5 heteroatoms. The first-order valence-corrected chi connectivity index (χ1v) is 6.18. The average Bonchev–Trinajstić information content (AvgIpc) is 2.44. The Kier molecular flexibility index (Phi) is 6.15. The van der Waals surface area contributed by atoms with Crippen molar-refractivity contribution in [3.8, 4) is 11.5 Å². The van der Waals surface area contributed by atoms with E-state index in [-0.39, 0.29) is 6.42 Å². The van der Waals surface area contributed by atoms with E-state index in [0.717, 1.165) is 6.42 Å². The highest BCUT2D eigenvalue weighted by molar-refractivity contribution is 5.70. The first-order valence-electron chi connectivity index (χ1n) is 6.18. The monoisotopic (exact) mass is 268 g/mol. The van der Waals surface area contributed by atoms with Crippen molar-refractivity contribution >= 4 is 5.97 Å². The number of aliphatic hydroxyl groups is 1. The molecule has 1 aromatic rings. The zero-order valence-corrected chi connectivity index (χ0v) is 11.5. The van der Waals surface area contributed by atoms with E-state index < -0.39 is 12.1 Å². The second-order valence-electron chi connectivity index (χ2n) is 4.05. The maximum Gasteiger partial charge on any atom is 0.308 e. The molecule has 1 N–H and O–H groups in total. The fourth-order valence-electron chi connectivity index (χ4n) is 1.64. The van der Waals surface area contributed by atoms with Crippen LogP contribution in [0, 0.1) is 0 Å². The van der Waals surface area contributed by atoms with E-state index >= 15 is 0 Å². The van der Waals surface area contributed by atoms with Crippen molar-refractivity contribution in [1.82, 2.24) is 0 Å². The van der Waals surface area contributed by atoms with Crippen molar-refractivity contribution in [3.63, 3.8) is 0 Å². The predicted molar refractivity (Wildman–Crippen MR) is 70.4 cm³/mol. The fraction of sp³-hybridized carbons (Fsp3) is 0.500. The van der Waals surface area contributed by atoms with Gasteiger partial charge in [-0.3, -0.25) is 4.79 Å². The number of esters is 1. The van der Waals surface area contributed by atoms with Crippen molar-refractivity contribution in [2.75, 3.05) is 20.8 Å². The molecular weight excluding hydrogens is 248 g/mol. The van der Waals surface area contributed by atoms with Gasteiger partial charge in [-0.15, -0.1) is 0 Å². The van der Waals surface area contributed by atoms with Crippen LogP contribution in [0.25, 0.3) is 0 Å². The minimum absolute atomic E-state index is 0.0946. The minimum atomic E-state index is -0.954. The van der Waals surface area contributed by atoms with Gasteiger partial charge in [0.15, 0.2) is 0 Å². The summed E-state index contributed by atoms with van der Waals surface area (Å²) in [4.78, 5) is 11.5. The fourth-order valence-corrected chi connectivity index (χ4v) is 1.64. The molecule has 1 aromatic carbocycles. The summed E-state index contributed by atoms with van der Waals surface area (Å²) in [7, 11) is 3.05. The quantitative estimate of drug-likeness (QED) is 0.767. The van der Waals surface area contributed by atoms with Gasteiger partial charge in [0.05, 0.1) is 33.4 Å². The lowest BCUT2D eigenvalue weighted by atomic mass is 10.1. The molecule has 1 rings (SSSR count). The third kappa shape index (κ3) is 4.44. The number of methoxy groups -OCH3 is 2. The summed E-state index contributed by atoms with van der Waals surface area (Å²) in [6, 6.07) is 5.05. The molecule has 0 saturated heterocycles. The van der Waals surface area contributed by atoms with Gasteiger partial charge in [-0.1, -0.05) is 6.92 Å². The summed E-state index contributed by atoms with van der Waals surface area (Å²) < 4.78 is 15.2. The van der Waals surface area contributed by atoms with Crippen LogP contribution < -0.4 is 9.47 Å². The number of carbonyl (C=O) groups excluding carboxylic acids is 1. The molecule has 0 aliphatic heterocycles. The van der Waals surface area contributed by atoms with Gasteiger partial charge in [0.1, 0.15) is 11.5 Å². The van der Waals surface area contributed by atoms with Gasteiger partial charge in [0.2, 0.25) is 0 Å². The van der Waals surface area contributed by atoms with E-state index in [1.54, 1.807) is 25.3 Å². The number of hydrogen-bond acceptors (Lipinski definition) is 5. The standard InChI is InChI=1S/C14H20O5/c1-4-7-19-14(16)9-12(15)11-6-5-10(17-2)8-13(11)18-3/h5-6,8,12,15H,4,7,9H2,1-3H3. The molecule has 0 spiro atoms. The van der Waals surface area contributed by atoms with Crippen LogP contribution in [0.3, 0.4) is 0 Å². The van der Waals surface area contributed by atoms with Crippen LogP contribution in [0.4, 0.5) is 0 Å². The molecule has 0 fully saturated rings. The highest BCUT2D eigenvalue weighted by atomic mass is 16.5. The molecule has 106 valence electrons. The molecule has 0 bridgehead atoms. The summed E-state index contributed by atoms with van der Waals surface area (Å²) in [6.07, 6.45) is -0.290. The molecule has 1 atom stereocenters. The van der Waals surface area contributed by atoms with Crippen molar-refractivity contribution in [1.29, 1.82) is 0 Å². The van der Waals surface area contributed by atoms with Crippen LogP contribution in [-0.2, 0) is 9.53 Å². The first kappa shape index (κ1) is 15.3. The summed E-state index contributed by atoms with van der Waals surface area (Å²) in [5, 5.41) is 10.0. The molecule has 0 heterocycles. The Morgan fingerprint density at radius 3 is 2.63 bits per heavy atom. The Hall–Kier alpha value is -1.75. The molecule has 0 aromatic heterocycles. The Morgan fingerprint density at radius 1 is 1.32 bits per heavy atom. The lowest BCUT2D eigenvalue weighted by molar-refractivity contribution is -0.146. The molecule has 0 aliphatic rings. The summed E-state index contributed by atoms with van der Waals surface area (Å²) in [6.45, 7) is 2.28. The number of benzene rings is 1. The second kappa shape index (κ2) is 7.63. The second-order valence-corrected chi connectivity index (χ2v) is 4.05. The number of ether oxygens (including phenoxy) is 3. The van der Waals surface area contributed by atoms with Gasteiger partial charge in [-0.05, 0) is 18.6 Å². The van der Waals surface area contributed by atoms with Crippen LogP contribution in [0.5, 0.6) is 11.5 Å². The van der Waals surface area contributed by atoms with Crippen LogP contribution in [-0.4, -0.2) is 31.9 Å². The number of rotatable bonds is 7. The molecule has 19 heavy (non-hydrogen) atoms. The zero-order chi connectivity index (χ0) is 14.3. The zero-order valence-electron chi connectivity index (χ0n) is 11.5. The average molecular weight is 268 g/mol. The van der Waals surface area contributed by atoms with Crippen LogP contribution in [0.2, 0.25) is 0 Å². The predicted octanol–water partition coefficient (Wildman–Crippen LogP) is 2.08. The molecule has 1 unspecified atom stereocenters. The smallest absolute Gasteiger partial charge is 0.308 e. The highest BCUT2D eigenvalue weighted by Crippen LogP contribution is 2.31. The number of hydrogen-bond donors (Lipinski definition) is 1. The third-order valence-corrected chi connectivity index (χ3v) is 2.63. The van der Waals surface area contributed by atoms with Crippen LogP contribution >= 0.6 is 0 Å². The van der Waals surface area contributed by atoms with Crippen molar-refractivity contribution in [2.45, 2.75) is 25.9 Å². The Balaban J connectivity index is 2.75. The normalized spacial score (nSPS) is 11.8. The Morgan fingerprint density at radius 2 is 2.05 bits per heavy atom. The Bertz CT molecular complexity index is 416. The largest absolute Gasteiger partial charge is 0.497 e. The van der Waals surface area contributed by atoms with Gasteiger partial charge in [0.25, 0.3) is 0 Å². The van der Waals surface area contributed by atoms with Crippen LogP contribution in [0.1, 0.15) is 31.4 Å². The molecular formula is C14H20O5. The summed E-state index contributed by atoms with van der Waals surface area (Å²) >= 11 is 0. The Labute approximate surface area is 113 Å². The highest BCUT2D eigenvalue weighted by Gasteiger charge is 2.18. The number of aliphatic hydroxyl groups excluding tert-OH is 1. The van der Waals surface area contributed by atoms with Crippen LogP contribution in [0.15, 0.2) is 18.2 Å². The van der Waals surface area contributed by atoms with Crippen molar-refractivity contribution in [3.05, 3.63) is 23.8 Å². The molecule has 0 radical (unpaired) electrons. The topological polar surface area (TPSA) is 65.0 Å². The van der Waals surface area contributed by atoms with E-state index in [4.69, 9.17) is 14.2 Å². The van der Waals surface area contributed by atoms with E-state index in [0.29, 0.717) is 23.7 Å². The van der Waals surface area contributed by atoms with E-state index in [9.17, 15) is 9.90 Å². The lowest BCUT2D eigenvalue weighted by Crippen LogP contribution is -2.11. The summed E-state index contributed by atoms with van der Waals surface area (Å²) in [5.41, 5.74) is 0.539. The molecule has 0 aliphatic carbocycles. The van der Waals surface area contributed by atoms with E-state index in [1.165, 1.54) is 7.11 Å². The van der Waals surface area contributed by atoms with E-state index in [1.807, 2.05) is 6.92 Å². The SMILES string of the molecule is CCCOC(=O)CC(O)c1ccc(OC)cc1OC. The molecule has 0 amide bonds. The third-order valence-electron chi connectivity index (χ3n) is 2.63. The summed E-state index contributed by atoms with van der Waals surface area (Å²) in [5.74, 6) is 0.684. The number of carbonyl (C=O) groups is 1. The minimum Gasteiger partial charge on any atom is -0.497 e. The van der Waals surface area contributed by atoms with Gasteiger partial charge in [-0.2, -0.15) is 0 Å². The molecule has 5 nitrogen and oxygen atoms in total. The lowest BCUT2D eigenvalue weighted by Gasteiger charge is -2.15. The van der Waals surface area contributed by atoms with Crippen molar-refractivity contribution in [2.24, 2.45) is 0 Å². The first-order chi connectivity index (χ1) is 9.12. The van der Waals surface area contributed by atoms with Gasteiger partial charge in [0, 0.05) is 11.6 Å². The van der Waals surface area contributed by atoms with Crippen molar-refractivity contribution < 1.29 is 24.1 Å². The maximum atomic E-state index is 11.5. The molecule has 0 saturated carbocycles. The van der Waals surface area contributed by atoms with Gasteiger partial charge < -0.3 is 19.3 Å². The van der Waals surface area contributed by atoms with Gasteiger partial charge >= 0.3 is 5.97 Å². The maximum absolute atomic E-state index is 11.5. The van der Waals surface area contributed by atoms with E-state index in [2.05, 4.69) is 0 Å². The van der Waals surface area contributed by atoms with Gasteiger partial charge in [-0.25, -0.2) is 0 Å².